The molecule has 0 aliphatic carbocycles. The molecule has 1 aliphatic heterocycles. The van der Waals surface area contributed by atoms with Crippen LogP contribution >= 0.6 is 22.6 Å². The molecule has 1 fully saturated rings. The number of rotatable bonds is 6. The van der Waals surface area contributed by atoms with Crippen molar-refractivity contribution >= 4 is 28.5 Å². The maximum absolute atomic E-state index is 12.3. The fraction of sp³-hybridized carbons (Fsp3) is 0.588. The van der Waals surface area contributed by atoms with Crippen LogP contribution in [0.1, 0.15) is 55.8 Å². The van der Waals surface area contributed by atoms with E-state index < -0.39 is 0 Å². The summed E-state index contributed by atoms with van der Waals surface area (Å²) in [5.41, 5.74) is 0.688. The van der Waals surface area contributed by atoms with Crippen molar-refractivity contribution in [3.05, 3.63) is 33.4 Å². The number of nitrogens with one attached hydrogen (secondary N) is 1. The number of hydrogen-bond donors (Lipinski definition) is 1. The topological polar surface area (TPSA) is 52.2 Å². The van der Waals surface area contributed by atoms with Crippen LogP contribution in [0.25, 0.3) is 0 Å². The normalized spacial score (nSPS) is 22.5. The third-order valence-corrected chi connectivity index (χ3v) is 4.96. The number of unbranched alkanes of at least 4 members (excludes halogenated alkanes) is 2. The van der Waals surface area contributed by atoms with Gasteiger partial charge in [0.25, 0.3) is 5.91 Å². The quantitative estimate of drug-likeness (QED) is 0.568. The number of hydrogen-bond acceptors (Lipinski definition) is 2. The number of amides is 1. The molecular formula is C17H24IN2O2. The van der Waals surface area contributed by atoms with Crippen LogP contribution in [0, 0.1) is 3.57 Å². The van der Waals surface area contributed by atoms with E-state index in [1.54, 1.807) is 0 Å². The average Bonchev–Trinajstić information content (AvgIpc) is 2.51. The van der Waals surface area contributed by atoms with Crippen molar-refractivity contribution in [1.29, 1.82) is 0 Å². The van der Waals surface area contributed by atoms with Crippen molar-refractivity contribution < 1.29 is 10.0 Å². The molecule has 1 aliphatic rings. The van der Waals surface area contributed by atoms with E-state index >= 15 is 0 Å². The first kappa shape index (κ1) is 17.7. The Morgan fingerprint density at radius 2 is 2.05 bits per heavy atom. The number of halogens is 1. The monoisotopic (exact) mass is 415 g/mol. The molecule has 1 saturated heterocycles. The van der Waals surface area contributed by atoms with E-state index in [1.807, 2.05) is 24.3 Å². The van der Waals surface area contributed by atoms with Crippen LogP contribution in [0.5, 0.6) is 0 Å². The highest BCUT2D eigenvalue weighted by Gasteiger charge is 2.29. The lowest BCUT2D eigenvalue weighted by atomic mass is 9.94. The van der Waals surface area contributed by atoms with Gasteiger partial charge in [0.05, 0.1) is 0 Å². The van der Waals surface area contributed by atoms with Crippen molar-refractivity contribution in [3.63, 3.8) is 0 Å². The van der Waals surface area contributed by atoms with Gasteiger partial charge in [0.2, 0.25) is 0 Å². The molecule has 1 aromatic carbocycles. The maximum atomic E-state index is 12.3. The van der Waals surface area contributed by atoms with Gasteiger partial charge in [-0.1, -0.05) is 26.2 Å². The summed E-state index contributed by atoms with van der Waals surface area (Å²) in [6.45, 7) is 2.69. The molecule has 2 rings (SSSR count). The second-order valence-electron chi connectivity index (χ2n) is 5.99. The number of carbonyl (C=O) groups excluding carboxylic acids is 1. The number of carbonyl (C=O) groups is 1. The third kappa shape index (κ3) is 5.21. The fourth-order valence-corrected chi connectivity index (χ4v) is 3.28. The molecule has 2 unspecified atom stereocenters. The van der Waals surface area contributed by atoms with Crippen molar-refractivity contribution in [2.75, 3.05) is 6.54 Å². The Bertz CT molecular complexity index is 478. The van der Waals surface area contributed by atoms with Crippen LogP contribution in [-0.2, 0) is 5.21 Å². The van der Waals surface area contributed by atoms with E-state index in [1.165, 1.54) is 17.9 Å². The van der Waals surface area contributed by atoms with Gasteiger partial charge < -0.3 is 5.32 Å². The molecule has 1 aromatic rings. The first-order chi connectivity index (χ1) is 10.6. The van der Waals surface area contributed by atoms with E-state index in [-0.39, 0.29) is 18.0 Å². The van der Waals surface area contributed by atoms with Gasteiger partial charge in [-0.15, -0.1) is 5.21 Å². The van der Waals surface area contributed by atoms with Gasteiger partial charge in [-0.2, -0.15) is 5.06 Å². The van der Waals surface area contributed by atoms with Crippen molar-refractivity contribution in [1.82, 2.24) is 10.4 Å². The number of piperidine rings is 1. The smallest absolute Gasteiger partial charge is 0.251 e. The van der Waals surface area contributed by atoms with Gasteiger partial charge in [0, 0.05) is 27.8 Å². The standard InChI is InChI=1S/C17H24IN2O2/c1-2-3-4-5-16-12-15(10-11-20(16)22)19-17(21)13-6-8-14(18)9-7-13/h6-9,15-16H,2-5,10-12H2,1H3,(H,19,21). The van der Waals surface area contributed by atoms with E-state index in [4.69, 9.17) is 0 Å². The minimum absolute atomic E-state index is 0.0342. The fourth-order valence-electron chi connectivity index (χ4n) is 2.92. The summed E-state index contributed by atoms with van der Waals surface area (Å²) in [6, 6.07) is 7.73. The Balaban J connectivity index is 1.86. The summed E-state index contributed by atoms with van der Waals surface area (Å²) in [4.78, 5) is 12.3. The number of hydroxylamine groups is 2. The Kier molecular flexibility index (Phi) is 7.11. The predicted molar refractivity (Wildman–Crippen MR) is 95.0 cm³/mol. The largest absolute Gasteiger partial charge is 0.349 e. The minimum Gasteiger partial charge on any atom is -0.349 e. The number of nitrogens with zero attached hydrogens (tertiary/aromatic N) is 1. The molecule has 0 spiro atoms. The van der Waals surface area contributed by atoms with Crippen LogP contribution in [0.15, 0.2) is 24.3 Å². The molecule has 5 heteroatoms. The first-order valence-electron chi connectivity index (χ1n) is 8.10. The van der Waals surface area contributed by atoms with E-state index in [0.717, 1.165) is 29.3 Å². The molecule has 1 heterocycles. The van der Waals surface area contributed by atoms with Gasteiger partial charge >= 0.3 is 0 Å². The molecule has 1 N–H and O–H groups in total. The van der Waals surface area contributed by atoms with Crippen molar-refractivity contribution in [2.24, 2.45) is 0 Å². The Labute approximate surface area is 146 Å². The predicted octanol–water partition coefficient (Wildman–Crippen LogP) is 3.78. The average molecular weight is 415 g/mol. The lowest BCUT2D eigenvalue weighted by Crippen LogP contribution is -2.48. The van der Waals surface area contributed by atoms with Gasteiger partial charge in [0.15, 0.2) is 0 Å². The molecular weight excluding hydrogens is 391 g/mol. The zero-order valence-electron chi connectivity index (χ0n) is 13.1. The lowest BCUT2D eigenvalue weighted by molar-refractivity contribution is -0.203. The van der Waals surface area contributed by atoms with Crippen molar-refractivity contribution in [3.8, 4) is 0 Å². The number of benzene rings is 1. The SMILES string of the molecule is CCCCCC1CC(NC(=O)c2ccc(I)cc2)CCN1[O]. The molecule has 1 radical (unpaired) electrons. The Hall–Kier alpha value is -0.660. The summed E-state index contributed by atoms with van der Waals surface area (Å²) < 4.78 is 1.12. The lowest BCUT2D eigenvalue weighted by Gasteiger charge is -2.34. The summed E-state index contributed by atoms with van der Waals surface area (Å²) >= 11 is 2.22. The van der Waals surface area contributed by atoms with E-state index in [9.17, 15) is 10.0 Å². The molecule has 1 amide bonds. The molecule has 121 valence electrons. The van der Waals surface area contributed by atoms with Crippen LogP contribution in [-0.4, -0.2) is 29.6 Å². The molecule has 0 bridgehead atoms. The van der Waals surface area contributed by atoms with Crippen LogP contribution in [0.2, 0.25) is 0 Å². The molecule has 0 aromatic heterocycles. The second kappa shape index (κ2) is 8.84. The molecule has 22 heavy (non-hydrogen) atoms. The van der Waals surface area contributed by atoms with Crippen LogP contribution in [0.4, 0.5) is 0 Å². The van der Waals surface area contributed by atoms with E-state index in [0.29, 0.717) is 12.1 Å². The minimum atomic E-state index is -0.0342. The molecule has 0 saturated carbocycles. The summed E-state index contributed by atoms with van der Waals surface area (Å²) in [6.07, 6.45) is 5.88. The third-order valence-electron chi connectivity index (χ3n) is 4.24. The summed E-state index contributed by atoms with van der Waals surface area (Å²) in [5, 5.41) is 16.2. The first-order valence-corrected chi connectivity index (χ1v) is 9.18. The zero-order chi connectivity index (χ0) is 15.9. The van der Waals surface area contributed by atoms with Gasteiger partial charge in [-0.25, -0.2) is 0 Å². The summed E-state index contributed by atoms with van der Waals surface area (Å²) in [5.74, 6) is -0.0342. The Morgan fingerprint density at radius 3 is 2.73 bits per heavy atom. The summed E-state index contributed by atoms with van der Waals surface area (Å²) in [7, 11) is 0. The molecule has 2 atom stereocenters. The highest BCUT2D eigenvalue weighted by molar-refractivity contribution is 14.1. The van der Waals surface area contributed by atoms with E-state index in [2.05, 4.69) is 34.8 Å². The van der Waals surface area contributed by atoms with Crippen LogP contribution < -0.4 is 5.32 Å². The van der Waals surface area contributed by atoms with Gasteiger partial charge in [-0.3, -0.25) is 4.79 Å². The Morgan fingerprint density at radius 1 is 1.32 bits per heavy atom. The maximum Gasteiger partial charge on any atom is 0.251 e. The van der Waals surface area contributed by atoms with Gasteiger partial charge in [0.1, 0.15) is 0 Å². The van der Waals surface area contributed by atoms with Gasteiger partial charge in [-0.05, 0) is 66.1 Å². The highest BCUT2D eigenvalue weighted by Crippen LogP contribution is 2.21. The van der Waals surface area contributed by atoms with Crippen molar-refractivity contribution in [2.45, 2.75) is 57.5 Å². The molecule has 4 nitrogen and oxygen atoms in total. The second-order valence-corrected chi connectivity index (χ2v) is 7.24. The highest BCUT2D eigenvalue weighted by atomic mass is 127. The van der Waals surface area contributed by atoms with Crippen LogP contribution in [0.3, 0.4) is 0 Å². The zero-order valence-corrected chi connectivity index (χ0v) is 15.2.